The second kappa shape index (κ2) is 8.42. The van der Waals surface area contributed by atoms with Crippen molar-refractivity contribution >= 4 is 17.4 Å². The van der Waals surface area contributed by atoms with Crippen LogP contribution in [0, 0.1) is 5.92 Å². The number of alkyl halides is 3. The Kier molecular flexibility index (Phi) is 5.98. The van der Waals surface area contributed by atoms with Gasteiger partial charge in [0.05, 0.1) is 23.6 Å². The maximum atomic E-state index is 12.5. The molecule has 0 aliphatic heterocycles. The minimum absolute atomic E-state index is 0.100. The molecule has 10 heteroatoms. The number of hydrogen-bond donors (Lipinski definition) is 3. The molecule has 2 unspecified atom stereocenters. The first kappa shape index (κ1) is 19.9. The number of amides is 1. The van der Waals surface area contributed by atoms with E-state index in [9.17, 15) is 23.1 Å². The Bertz CT molecular complexity index is 814. The molecule has 7 nitrogen and oxygen atoms in total. The van der Waals surface area contributed by atoms with Gasteiger partial charge >= 0.3 is 6.36 Å². The minimum Gasteiger partial charge on any atom is -0.393 e. The quantitative estimate of drug-likeness (QED) is 0.694. The van der Waals surface area contributed by atoms with Gasteiger partial charge < -0.3 is 20.5 Å². The SMILES string of the molecule is O=C(Nc1ccc(OC(F)(F)F)nc1)c1cccnc1NCC1CCCC1O. The summed E-state index contributed by atoms with van der Waals surface area (Å²) in [5, 5.41) is 15.6. The molecule has 0 saturated heterocycles. The number of carbonyl (C=O) groups excluding carboxylic acids is 1. The van der Waals surface area contributed by atoms with E-state index >= 15 is 0 Å². The first-order chi connectivity index (χ1) is 13.3. The summed E-state index contributed by atoms with van der Waals surface area (Å²) >= 11 is 0. The third-order valence-electron chi connectivity index (χ3n) is 4.42. The molecule has 0 aromatic carbocycles. The Morgan fingerprint density at radius 3 is 2.71 bits per heavy atom. The number of ether oxygens (including phenoxy) is 1. The summed E-state index contributed by atoms with van der Waals surface area (Å²) in [5.74, 6) is -0.648. The highest BCUT2D eigenvalue weighted by Gasteiger charge is 2.31. The number of anilines is 2. The zero-order chi connectivity index (χ0) is 20.1. The molecule has 1 fully saturated rings. The normalized spacial score (nSPS) is 19.3. The van der Waals surface area contributed by atoms with E-state index in [1.807, 2.05) is 0 Å². The molecular weight excluding hydrogens is 377 g/mol. The lowest BCUT2D eigenvalue weighted by Gasteiger charge is -2.17. The van der Waals surface area contributed by atoms with Crippen LogP contribution in [-0.4, -0.2) is 40.0 Å². The van der Waals surface area contributed by atoms with E-state index < -0.39 is 18.1 Å². The first-order valence-corrected chi connectivity index (χ1v) is 8.72. The Labute approximate surface area is 159 Å². The highest BCUT2D eigenvalue weighted by Crippen LogP contribution is 2.26. The van der Waals surface area contributed by atoms with Gasteiger partial charge in [0.2, 0.25) is 5.88 Å². The van der Waals surface area contributed by atoms with Crippen LogP contribution in [0.4, 0.5) is 24.7 Å². The third kappa shape index (κ3) is 5.32. The molecule has 28 heavy (non-hydrogen) atoms. The summed E-state index contributed by atoms with van der Waals surface area (Å²) in [6.07, 6.45) is 0.0398. The van der Waals surface area contributed by atoms with Crippen LogP contribution < -0.4 is 15.4 Å². The second-order valence-electron chi connectivity index (χ2n) is 6.43. The average molecular weight is 396 g/mol. The van der Waals surface area contributed by atoms with Gasteiger partial charge in [0.1, 0.15) is 5.82 Å². The summed E-state index contributed by atoms with van der Waals surface area (Å²) in [4.78, 5) is 20.2. The predicted octanol–water partition coefficient (Wildman–Crippen LogP) is 3.20. The maximum Gasteiger partial charge on any atom is 0.574 e. The summed E-state index contributed by atoms with van der Waals surface area (Å²) < 4.78 is 40.2. The Morgan fingerprint density at radius 1 is 1.25 bits per heavy atom. The number of halogens is 3. The number of hydrogen-bond acceptors (Lipinski definition) is 6. The van der Waals surface area contributed by atoms with Crippen molar-refractivity contribution < 1.29 is 27.8 Å². The number of carbonyl (C=O) groups is 1. The molecule has 0 radical (unpaired) electrons. The zero-order valence-electron chi connectivity index (χ0n) is 14.7. The van der Waals surface area contributed by atoms with Gasteiger partial charge in [0, 0.05) is 24.7 Å². The minimum atomic E-state index is -4.83. The van der Waals surface area contributed by atoms with E-state index in [2.05, 4.69) is 25.3 Å². The molecule has 150 valence electrons. The van der Waals surface area contributed by atoms with Crippen LogP contribution in [-0.2, 0) is 0 Å². The van der Waals surface area contributed by atoms with E-state index in [0.29, 0.717) is 12.4 Å². The molecule has 0 spiro atoms. The molecule has 1 aliphatic carbocycles. The molecule has 0 bridgehead atoms. The van der Waals surface area contributed by atoms with Crippen LogP contribution in [0.25, 0.3) is 0 Å². The van der Waals surface area contributed by atoms with Crippen LogP contribution in [0.3, 0.4) is 0 Å². The van der Waals surface area contributed by atoms with Gasteiger partial charge in [-0.25, -0.2) is 9.97 Å². The molecule has 1 saturated carbocycles. The molecule has 2 aromatic heterocycles. The van der Waals surface area contributed by atoms with Crippen molar-refractivity contribution in [3.8, 4) is 5.88 Å². The largest absolute Gasteiger partial charge is 0.574 e. The van der Waals surface area contributed by atoms with Crippen molar-refractivity contribution in [1.82, 2.24) is 9.97 Å². The molecule has 3 N–H and O–H groups in total. The number of aliphatic hydroxyl groups is 1. The molecule has 3 rings (SSSR count). The lowest BCUT2D eigenvalue weighted by Crippen LogP contribution is -2.24. The molecular formula is C18H19F3N4O3. The van der Waals surface area contributed by atoms with Crippen LogP contribution in [0.15, 0.2) is 36.7 Å². The van der Waals surface area contributed by atoms with Crippen molar-refractivity contribution in [3.63, 3.8) is 0 Å². The molecule has 1 amide bonds. The fourth-order valence-electron chi connectivity index (χ4n) is 3.04. The van der Waals surface area contributed by atoms with Gasteiger partial charge in [-0.1, -0.05) is 6.42 Å². The van der Waals surface area contributed by atoms with Gasteiger partial charge in [0.15, 0.2) is 0 Å². The highest BCUT2D eigenvalue weighted by atomic mass is 19.4. The Hall–Kier alpha value is -2.88. The number of aromatic nitrogens is 2. The second-order valence-corrected chi connectivity index (χ2v) is 6.43. The van der Waals surface area contributed by atoms with Gasteiger partial charge in [-0.15, -0.1) is 13.2 Å². The smallest absolute Gasteiger partial charge is 0.393 e. The number of pyridine rings is 2. The fourth-order valence-corrected chi connectivity index (χ4v) is 3.04. The third-order valence-corrected chi connectivity index (χ3v) is 4.42. The number of rotatable bonds is 6. The molecule has 2 aromatic rings. The summed E-state index contributed by atoms with van der Waals surface area (Å²) in [7, 11) is 0. The zero-order valence-corrected chi connectivity index (χ0v) is 14.7. The molecule has 2 atom stereocenters. The van der Waals surface area contributed by atoms with E-state index in [-0.39, 0.29) is 23.3 Å². The van der Waals surface area contributed by atoms with E-state index in [0.717, 1.165) is 31.5 Å². The van der Waals surface area contributed by atoms with Gasteiger partial charge in [-0.05, 0) is 31.0 Å². The topological polar surface area (TPSA) is 96.4 Å². The van der Waals surface area contributed by atoms with Crippen LogP contribution >= 0.6 is 0 Å². The van der Waals surface area contributed by atoms with Crippen molar-refractivity contribution in [2.24, 2.45) is 5.92 Å². The van der Waals surface area contributed by atoms with E-state index in [4.69, 9.17) is 0 Å². The van der Waals surface area contributed by atoms with Gasteiger partial charge in [-0.3, -0.25) is 4.79 Å². The van der Waals surface area contributed by atoms with Crippen LogP contribution in [0.2, 0.25) is 0 Å². The lowest BCUT2D eigenvalue weighted by atomic mass is 10.1. The Balaban J connectivity index is 1.64. The number of nitrogens with one attached hydrogen (secondary N) is 2. The number of nitrogens with zero attached hydrogens (tertiary/aromatic N) is 2. The van der Waals surface area contributed by atoms with E-state index in [1.165, 1.54) is 12.3 Å². The van der Waals surface area contributed by atoms with Gasteiger partial charge in [0.25, 0.3) is 5.91 Å². The van der Waals surface area contributed by atoms with E-state index in [1.54, 1.807) is 12.1 Å². The molecule has 2 heterocycles. The summed E-state index contributed by atoms with van der Waals surface area (Å²) in [6, 6.07) is 5.44. The summed E-state index contributed by atoms with van der Waals surface area (Å²) in [5.41, 5.74) is 0.478. The Morgan fingerprint density at radius 2 is 2.07 bits per heavy atom. The number of aliphatic hydroxyl groups excluding tert-OH is 1. The maximum absolute atomic E-state index is 12.5. The van der Waals surface area contributed by atoms with Crippen molar-refractivity contribution in [2.75, 3.05) is 17.2 Å². The average Bonchev–Trinajstić information content (AvgIpc) is 3.05. The molecule has 1 aliphatic rings. The first-order valence-electron chi connectivity index (χ1n) is 8.72. The van der Waals surface area contributed by atoms with Crippen LogP contribution in [0.5, 0.6) is 5.88 Å². The lowest BCUT2D eigenvalue weighted by molar-refractivity contribution is -0.276. The van der Waals surface area contributed by atoms with Crippen molar-refractivity contribution in [2.45, 2.75) is 31.7 Å². The van der Waals surface area contributed by atoms with Crippen molar-refractivity contribution in [1.29, 1.82) is 0 Å². The standard InChI is InChI=1S/C18H19F3N4O3/c19-18(20,21)28-15-7-6-12(10-23-15)25-17(27)13-4-2-8-22-16(13)24-9-11-3-1-5-14(11)26/h2,4,6-8,10-11,14,26H,1,3,5,9H2,(H,22,24)(H,25,27). The monoisotopic (exact) mass is 396 g/mol. The van der Waals surface area contributed by atoms with Gasteiger partial charge in [-0.2, -0.15) is 0 Å². The van der Waals surface area contributed by atoms with Crippen LogP contribution in [0.1, 0.15) is 29.6 Å². The summed E-state index contributed by atoms with van der Waals surface area (Å²) in [6.45, 7) is 0.490. The fraction of sp³-hybridized carbons (Fsp3) is 0.389. The predicted molar refractivity (Wildman–Crippen MR) is 94.9 cm³/mol. The highest BCUT2D eigenvalue weighted by molar-refractivity contribution is 6.07. The van der Waals surface area contributed by atoms with Crippen molar-refractivity contribution in [3.05, 3.63) is 42.2 Å².